The molecule has 3 rings (SSSR count). The van der Waals surface area contributed by atoms with Crippen LogP contribution in [0.25, 0.3) is 11.1 Å². The predicted octanol–water partition coefficient (Wildman–Crippen LogP) is 4.60. The van der Waals surface area contributed by atoms with E-state index in [1.807, 2.05) is 20.8 Å². The number of anilines is 2. The van der Waals surface area contributed by atoms with Crippen molar-refractivity contribution in [3.8, 4) is 11.1 Å². The molecule has 0 aliphatic rings. The molecule has 33 heavy (non-hydrogen) atoms. The zero-order chi connectivity index (χ0) is 24.1. The van der Waals surface area contributed by atoms with Crippen molar-refractivity contribution < 1.29 is 14.3 Å². The summed E-state index contributed by atoms with van der Waals surface area (Å²) in [4.78, 5) is 32.5. The van der Waals surface area contributed by atoms with Gasteiger partial charge in [0.15, 0.2) is 0 Å². The molecule has 174 valence electrons. The minimum atomic E-state index is -0.577. The van der Waals surface area contributed by atoms with Gasteiger partial charge >= 0.3 is 0 Å². The molecule has 7 nitrogen and oxygen atoms in total. The molecule has 0 aliphatic carbocycles. The number of hydrogen-bond donors (Lipinski definition) is 4. The van der Waals surface area contributed by atoms with Crippen molar-refractivity contribution in [1.29, 1.82) is 0 Å². The molecule has 0 saturated heterocycles. The number of halogens is 2. The van der Waals surface area contributed by atoms with Crippen LogP contribution in [0.4, 0.5) is 15.8 Å². The Morgan fingerprint density at radius 2 is 1.97 bits per heavy atom. The Hall–Kier alpha value is -3.23. The zero-order valence-electron chi connectivity index (χ0n) is 18.6. The molecule has 2 aromatic heterocycles. The Morgan fingerprint density at radius 1 is 1.21 bits per heavy atom. The first kappa shape index (κ1) is 24.4. The number of hydrogen-bond acceptors (Lipinski definition) is 5. The second kappa shape index (κ2) is 10.6. The number of aliphatic hydroxyl groups is 1. The SMILES string of the molecule is CCC(CO)NC(=O)c1cnccc1Nc1cc(-c2cc(Cl)ccc2F)c(=O)[nH]c1C(C)C. The molecule has 1 atom stereocenters. The molecule has 9 heteroatoms. The van der Waals surface area contributed by atoms with Gasteiger partial charge in [-0.25, -0.2) is 4.39 Å². The average Bonchev–Trinajstić information content (AvgIpc) is 2.80. The standard InChI is InChI=1S/C24H26ClFN4O3/c1-4-15(12-31)28-24(33)18-11-27-8-7-20(18)29-21-10-17(23(32)30-22(21)13(2)3)16-9-14(25)5-6-19(16)26/h5-11,13,15,31H,4,12H2,1-3H3,(H,27,29)(H,28,33)(H,30,32). The van der Waals surface area contributed by atoms with E-state index in [0.29, 0.717) is 28.5 Å². The minimum Gasteiger partial charge on any atom is -0.394 e. The molecule has 0 radical (unpaired) electrons. The van der Waals surface area contributed by atoms with E-state index < -0.39 is 17.3 Å². The molecule has 1 unspecified atom stereocenters. The molecule has 0 spiro atoms. The van der Waals surface area contributed by atoms with E-state index in [0.717, 1.165) is 0 Å². The number of H-pyrrole nitrogens is 1. The van der Waals surface area contributed by atoms with Gasteiger partial charge in [0.25, 0.3) is 11.5 Å². The van der Waals surface area contributed by atoms with Crippen molar-refractivity contribution >= 4 is 28.9 Å². The van der Waals surface area contributed by atoms with E-state index in [4.69, 9.17) is 11.6 Å². The topological polar surface area (TPSA) is 107 Å². The Kier molecular flexibility index (Phi) is 7.84. The Balaban J connectivity index is 2.08. The summed E-state index contributed by atoms with van der Waals surface area (Å²) in [6, 6.07) is 6.80. The number of benzene rings is 1. The first-order valence-corrected chi connectivity index (χ1v) is 11.0. The third-order valence-corrected chi connectivity index (χ3v) is 5.49. The van der Waals surface area contributed by atoms with Crippen LogP contribution >= 0.6 is 11.6 Å². The van der Waals surface area contributed by atoms with Gasteiger partial charge in [-0.2, -0.15) is 0 Å². The molecular formula is C24H26ClFN4O3. The summed E-state index contributed by atoms with van der Waals surface area (Å²) >= 11 is 6.03. The highest BCUT2D eigenvalue weighted by atomic mass is 35.5. The van der Waals surface area contributed by atoms with Crippen LogP contribution in [-0.2, 0) is 0 Å². The molecule has 1 aromatic carbocycles. The van der Waals surface area contributed by atoms with Gasteiger partial charge in [-0.3, -0.25) is 14.6 Å². The molecule has 1 amide bonds. The highest BCUT2D eigenvalue weighted by molar-refractivity contribution is 6.30. The number of rotatable bonds is 8. The van der Waals surface area contributed by atoms with E-state index in [1.165, 1.54) is 30.6 Å². The quantitative estimate of drug-likeness (QED) is 0.383. The lowest BCUT2D eigenvalue weighted by Gasteiger charge is -2.19. The predicted molar refractivity (Wildman–Crippen MR) is 128 cm³/mol. The number of carbonyl (C=O) groups is 1. The fraction of sp³-hybridized carbons (Fsp3) is 0.292. The van der Waals surface area contributed by atoms with E-state index in [1.54, 1.807) is 12.1 Å². The summed E-state index contributed by atoms with van der Waals surface area (Å²) < 4.78 is 14.5. The summed E-state index contributed by atoms with van der Waals surface area (Å²) in [6.45, 7) is 5.49. The van der Waals surface area contributed by atoms with Crippen LogP contribution in [0.15, 0.2) is 47.5 Å². The van der Waals surface area contributed by atoms with Crippen molar-refractivity contribution in [3.05, 3.63) is 75.2 Å². The number of nitrogens with one attached hydrogen (secondary N) is 3. The maximum Gasteiger partial charge on any atom is 0.256 e. The smallest absolute Gasteiger partial charge is 0.256 e. The largest absolute Gasteiger partial charge is 0.394 e. The Morgan fingerprint density at radius 3 is 2.64 bits per heavy atom. The van der Waals surface area contributed by atoms with Crippen LogP contribution in [0.5, 0.6) is 0 Å². The van der Waals surface area contributed by atoms with Crippen molar-refractivity contribution in [2.75, 3.05) is 11.9 Å². The van der Waals surface area contributed by atoms with Crippen LogP contribution in [0.3, 0.4) is 0 Å². The fourth-order valence-electron chi connectivity index (χ4n) is 3.38. The third kappa shape index (κ3) is 5.58. The van der Waals surface area contributed by atoms with Crippen LogP contribution in [0.1, 0.15) is 49.2 Å². The fourth-order valence-corrected chi connectivity index (χ4v) is 3.55. The van der Waals surface area contributed by atoms with E-state index >= 15 is 0 Å². The number of aromatic amines is 1. The van der Waals surface area contributed by atoms with Crippen molar-refractivity contribution in [2.24, 2.45) is 0 Å². The lowest BCUT2D eigenvalue weighted by atomic mass is 10.0. The second-order valence-corrected chi connectivity index (χ2v) is 8.36. The lowest BCUT2D eigenvalue weighted by Crippen LogP contribution is -2.37. The number of amides is 1. The highest BCUT2D eigenvalue weighted by Crippen LogP contribution is 2.31. The first-order valence-electron chi connectivity index (χ1n) is 10.6. The van der Waals surface area contributed by atoms with E-state index in [-0.39, 0.29) is 35.3 Å². The normalized spacial score (nSPS) is 12.0. The summed E-state index contributed by atoms with van der Waals surface area (Å²) in [5.74, 6) is -1.05. The van der Waals surface area contributed by atoms with Crippen molar-refractivity contribution in [2.45, 2.75) is 39.2 Å². The van der Waals surface area contributed by atoms with Gasteiger partial charge in [-0.05, 0) is 42.7 Å². The third-order valence-electron chi connectivity index (χ3n) is 5.25. The van der Waals surface area contributed by atoms with Gasteiger partial charge in [0.2, 0.25) is 0 Å². The number of pyridine rings is 2. The number of carbonyl (C=O) groups excluding carboxylic acids is 1. The zero-order valence-corrected chi connectivity index (χ0v) is 19.3. The van der Waals surface area contributed by atoms with Gasteiger partial charge in [-0.15, -0.1) is 0 Å². The van der Waals surface area contributed by atoms with Crippen LogP contribution in [0.2, 0.25) is 5.02 Å². The number of aliphatic hydroxyl groups excluding tert-OH is 1. The van der Waals surface area contributed by atoms with Gasteiger partial charge in [-0.1, -0.05) is 32.4 Å². The summed E-state index contributed by atoms with van der Waals surface area (Å²) in [5, 5.41) is 15.7. The summed E-state index contributed by atoms with van der Waals surface area (Å²) in [5.41, 5.74) is 1.54. The monoisotopic (exact) mass is 472 g/mol. The molecule has 0 fully saturated rings. The van der Waals surface area contributed by atoms with Crippen LogP contribution in [0, 0.1) is 5.82 Å². The van der Waals surface area contributed by atoms with Gasteiger partial charge in [0.05, 0.1) is 35.2 Å². The lowest BCUT2D eigenvalue weighted by molar-refractivity contribution is 0.0915. The molecule has 0 bridgehead atoms. The summed E-state index contributed by atoms with van der Waals surface area (Å²) in [6.07, 6.45) is 3.51. The molecular weight excluding hydrogens is 447 g/mol. The second-order valence-electron chi connectivity index (χ2n) is 7.93. The molecule has 0 saturated carbocycles. The van der Waals surface area contributed by atoms with E-state index in [9.17, 15) is 19.1 Å². The number of aromatic nitrogens is 2. The maximum atomic E-state index is 14.5. The van der Waals surface area contributed by atoms with Crippen molar-refractivity contribution in [3.63, 3.8) is 0 Å². The first-order chi connectivity index (χ1) is 15.7. The van der Waals surface area contributed by atoms with Crippen molar-refractivity contribution in [1.82, 2.24) is 15.3 Å². The van der Waals surface area contributed by atoms with Gasteiger partial charge in [0, 0.05) is 28.7 Å². The molecule has 0 aliphatic heterocycles. The van der Waals surface area contributed by atoms with Gasteiger partial charge < -0.3 is 20.7 Å². The summed E-state index contributed by atoms with van der Waals surface area (Å²) in [7, 11) is 0. The Labute approximate surface area is 196 Å². The molecule has 4 N–H and O–H groups in total. The molecule has 2 heterocycles. The highest BCUT2D eigenvalue weighted by Gasteiger charge is 2.19. The van der Waals surface area contributed by atoms with Gasteiger partial charge in [0.1, 0.15) is 5.82 Å². The average molecular weight is 473 g/mol. The Bertz CT molecular complexity index is 1210. The van der Waals surface area contributed by atoms with Crippen LogP contribution < -0.4 is 16.2 Å². The molecule has 3 aromatic rings. The minimum absolute atomic E-state index is 0.0727. The van der Waals surface area contributed by atoms with E-state index in [2.05, 4.69) is 20.6 Å². The number of nitrogens with zero attached hydrogens (tertiary/aromatic N) is 1. The maximum absolute atomic E-state index is 14.5. The van der Waals surface area contributed by atoms with Crippen LogP contribution in [-0.4, -0.2) is 33.6 Å².